The van der Waals surface area contributed by atoms with Crippen molar-refractivity contribution in [3.8, 4) is 0 Å². The predicted octanol–water partition coefficient (Wildman–Crippen LogP) is 2.11. The highest BCUT2D eigenvalue weighted by molar-refractivity contribution is 4.90. The topological polar surface area (TPSA) is 15.3 Å². The van der Waals surface area contributed by atoms with Gasteiger partial charge in [0.2, 0.25) is 0 Å². The zero-order valence-corrected chi connectivity index (χ0v) is 9.68. The van der Waals surface area contributed by atoms with Crippen LogP contribution in [0.4, 0.5) is 0 Å². The van der Waals surface area contributed by atoms with Crippen molar-refractivity contribution in [2.75, 3.05) is 26.2 Å². The van der Waals surface area contributed by atoms with Crippen molar-refractivity contribution in [3.05, 3.63) is 0 Å². The third-order valence-electron chi connectivity index (χ3n) is 4.25. The van der Waals surface area contributed by atoms with E-state index in [1.54, 1.807) is 0 Å². The zero-order chi connectivity index (χ0) is 10.0. The molecule has 1 N–H and O–H groups in total. The first kappa shape index (κ1) is 10.4. The molecule has 2 rings (SSSR count). The molecule has 84 valence electrons. The molecule has 2 saturated heterocycles. The maximum atomic E-state index is 3.48. The van der Waals surface area contributed by atoms with Crippen LogP contribution in [0, 0.1) is 5.41 Å². The zero-order valence-electron chi connectivity index (χ0n) is 9.68. The lowest BCUT2D eigenvalue weighted by atomic mass is 9.71. The first-order chi connectivity index (χ1) is 6.72. The Morgan fingerprint density at radius 2 is 1.64 bits per heavy atom. The van der Waals surface area contributed by atoms with Gasteiger partial charge in [0.05, 0.1) is 0 Å². The number of nitrogens with one attached hydrogen (secondary N) is 1. The van der Waals surface area contributed by atoms with Gasteiger partial charge in [-0.1, -0.05) is 0 Å². The minimum Gasteiger partial charge on any atom is -0.317 e. The Labute approximate surface area is 89.5 Å². The summed E-state index contributed by atoms with van der Waals surface area (Å²) in [5.41, 5.74) is 0.719. The van der Waals surface area contributed by atoms with Crippen molar-refractivity contribution in [1.29, 1.82) is 0 Å². The Morgan fingerprint density at radius 3 is 2.14 bits per heavy atom. The molecule has 0 bridgehead atoms. The van der Waals surface area contributed by atoms with E-state index >= 15 is 0 Å². The molecule has 0 unspecified atom stereocenters. The van der Waals surface area contributed by atoms with Crippen molar-refractivity contribution in [1.82, 2.24) is 10.2 Å². The third-order valence-corrected chi connectivity index (χ3v) is 4.25. The molecule has 0 aromatic rings. The molecule has 14 heavy (non-hydrogen) atoms. The largest absolute Gasteiger partial charge is 0.317 e. The maximum Gasteiger partial charge on any atom is 0.00385 e. The fourth-order valence-electron chi connectivity index (χ4n) is 2.97. The Bertz CT molecular complexity index is 178. The second kappa shape index (κ2) is 4.19. The highest BCUT2D eigenvalue weighted by Crippen LogP contribution is 2.39. The van der Waals surface area contributed by atoms with Crippen LogP contribution < -0.4 is 5.32 Å². The van der Waals surface area contributed by atoms with Gasteiger partial charge in [-0.25, -0.2) is 0 Å². The van der Waals surface area contributed by atoms with Crippen LogP contribution in [0.25, 0.3) is 0 Å². The normalized spacial score (nSPS) is 28.5. The Kier molecular flexibility index (Phi) is 3.13. The van der Waals surface area contributed by atoms with Crippen LogP contribution in [0.3, 0.4) is 0 Å². The van der Waals surface area contributed by atoms with E-state index < -0.39 is 0 Å². The first-order valence-corrected chi connectivity index (χ1v) is 6.17. The van der Waals surface area contributed by atoms with Crippen molar-refractivity contribution in [2.24, 2.45) is 5.41 Å². The Balaban J connectivity index is 0.00000112. The van der Waals surface area contributed by atoms with Gasteiger partial charge in [-0.3, -0.25) is 0 Å². The van der Waals surface area contributed by atoms with Gasteiger partial charge < -0.3 is 10.2 Å². The summed E-state index contributed by atoms with van der Waals surface area (Å²) in [6.07, 6.45) is 5.71. The second-order valence-corrected chi connectivity index (χ2v) is 5.38. The van der Waals surface area contributed by atoms with Crippen LogP contribution in [0.5, 0.6) is 0 Å². The van der Waals surface area contributed by atoms with Gasteiger partial charge >= 0.3 is 0 Å². The molecule has 0 aromatic carbocycles. The van der Waals surface area contributed by atoms with Gasteiger partial charge in [0.15, 0.2) is 0 Å². The number of hydrogen-bond acceptors (Lipinski definition) is 2. The van der Waals surface area contributed by atoms with Crippen molar-refractivity contribution in [2.45, 2.75) is 45.6 Å². The first-order valence-electron chi connectivity index (χ1n) is 6.17. The minimum absolute atomic E-state index is 0. The number of nitrogens with zero attached hydrogens (tertiary/aromatic N) is 1. The van der Waals surface area contributed by atoms with Gasteiger partial charge in [-0.05, 0) is 71.1 Å². The van der Waals surface area contributed by atoms with Crippen LogP contribution in [0.1, 0.15) is 41.0 Å². The lowest BCUT2D eigenvalue weighted by Crippen LogP contribution is -2.47. The fraction of sp³-hybridized carbons (Fsp3) is 1.00. The second-order valence-electron chi connectivity index (χ2n) is 5.38. The van der Waals surface area contributed by atoms with Gasteiger partial charge in [-0.15, -0.1) is 0 Å². The number of hydrogen-bond donors (Lipinski definition) is 1. The summed E-state index contributed by atoms with van der Waals surface area (Å²) in [6, 6.07) is 0.745. The average molecular weight is 198 g/mol. The summed E-state index contributed by atoms with van der Waals surface area (Å²) in [5.74, 6) is 0. The van der Waals surface area contributed by atoms with Gasteiger partial charge in [-0.2, -0.15) is 0 Å². The van der Waals surface area contributed by atoms with Crippen molar-refractivity contribution < 1.29 is 1.43 Å². The minimum atomic E-state index is 0. The molecule has 2 heteroatoms. The van der Waals surface area contributed by atoms with Crippen LogP contribution in [0.15, 0.2) is 0 Å². The fourth-order valence-corrected chi connectivity index (χ4v) is 2.97. The maximum absolute atomic E-state index is 3.48. The molecule has 0 aromatic heterocycles. The summed E-state index contributed by atoms with van der Waals surface area (Å²) in [4.78, 5) is 2.63. The molecule has 1 spiro atoms. The molecule has 0 aliphatic carbocycles. The number of likely N-dealkylation sites (tertiary alicyclic amines) is 1. The third kappa shape index (κ3) is 2.12. The monoisotopic (exact) mass is 198 g/mol. The van der Waals surface area contributed by atoms with E-state index in [1.165, 1.54) is 51.9 Å². The number of piperidine rings is 2. The highest BCUT2D eigenvalue weighted by atomic mass is 15.2. The molecular formula is C12H26N2. The van der Waals surface area contributed by atoms with E-state index in [4.69, 9.17) is 0 Å². The van der Waals surface area contributed by atoms with E-state index in [0.29, 0.717) is 0 Å². The Morgan fingerprint density at radius 1 is 1.07 bits per heavy atom. The summed E-state index contributed by atoms with van der Waals surface area (Å²) in [6.45, 7) is 9.81. The van der Waals surface area contributed by atoms with E-state index in [0.717, 1.165) is 11.5 Å². The summed E-state index contributed by atoms with van der Waals surface area (Å²) < 4.78 is 0. The van der Waals surface area contributed by atoms with Crippen LogP contribution in [-0.4, -0.2) is 37.1 Å². The summed E-state index contributed by atoms with van der Waals surface area (Å²) in [5, 5.41) is 3.48. The van der Waals surface area contributed by atoms with Gasteiger partial charge in [0.1, 0.15) is 0 Å². The molecule has 0 saturated carbocycles. The molecule has 2 heterocycles. The molecule has 2 fully saturated rings. The quantitative estimate of drug-likeness (QED) is 0.694. The van der Waals surface area contributed by atoms with Crippen LogP contribution in [-0.2, 0) is 0 Å². The molecule has 2 nitrogen and oxygen atoms in total. The lowest BCUT2D eigenvalue weighted by molar-refractivity contribution is 0.0582. The average Bonchev–Trinajstić information content (AvgIpc) is 2.19. The summed E-state index contributed by atoms with van der Waals surface area (Å²) >= 11 is 0. The summed E-state index contributed by atoms with van der Waals surface area (Å²) in [7, 11) is 0. The standard InChI is InChI=1S/C12H24N2.H2/c1-11(2)14-9-5-12(6-10-14)3-7-13-8-4-12;/h11,13H,3-10H2,1-2H3;1H. The number of rotatable bonds is 1. The van der Waals surface area contributed by atoms with Crippen LogP contribution >= 0.6 is 0 Å². The molecule has 0 radical (unpaired) electrons. The van der Waals surface area contributed by atoms with E-state index in [2.05, 4.69) is 24.1 Å². The lowest BCUT2D eigenvalue weighted by Gasteiger charge is -2.45. The smallest absolute Gasteiger partial charge is 0.00385 e. The Hall–Kier alpha value is -0.0800. The molecule has 2 aliphatic rings. The molecule has 2 aliphatic heterocycles. The van der Waals surface area contributed by atoms with Crippen LogP contribution in [0.2, 0.25) is 0 Å². The van der Waals surface area contributed by atoms with Crippen molar-refractivity contribution in [3.63, 3.8) is 0 Å². The van der Waals surface area contributed by atoms with Crippen molar-refractivity contribution >= 4 is 0 Å². The van der Waals surface area contributed by atoms with Gasteiger partial charge in [0, 0.05) is 7.47 Å². The SMILES string of the molecule is CC(C)N1CCC2(CCNCC2)CC1.[HH]. The molecule has 0 amide bonds. The predicted molar refractivity (Wildman–Crippen MR) is 62.6 cm³/mol. The van der Waals surface area contributed by atoms with E-state index in [-0.39, 0.29) is 1.43 Å². The molecule has 0 atom stereocenters. The van der Waals surface area contributed by atoms with E-state index in [9.17, 15) is 0 Å². The highest BCUT2D eigenvalue weighted by Gasteiger charge is 2.35. The molecular weight excluding hydrogens is 172 g/mol. The van der Waals surface area contributed by atoms with E-state index in [1.807, 2.05) is 0 Å². The van der Waals surface area contributed by atoms with Gasteiger partial charge in [0.25, 0.3) is 0 Å².